The lowest BCUT2D eigenvalue weighted by Gasteiger charge is -2.32. The quantitative estimate of drug-likeness (QED) is 0.916. The van der Waals surface area contributed by atoms with Crippen LogP contribution in [0.5, 0.6) is 0 Å². The summed E-state index contributed by atoms with van der Waals surface area (Å²) in [6, 6.07) is 0.346. The topological polar surface area (TPSA) is 53.9 Å². The fourth-order valence-corrected chi connectivity index (χ4v) is 2.40. The van der Waals surface area contributed by atoms with E-state index in [0.717, 1.165) is 26.1 Å². The normalized spacial score (nSPS) is 21.5. The fraction of sp³-hybridized carbons (Fsp3) is 0.700. The van der Waals surface area contributed by atoms with Gasteiger partial charge in [0.15, 0.2) is 0 Å². The maximum absolute atomic E-state index is 5.73. The van der Waals surface area contributed by atoms with Gasteiger partial charge in [0, 0.05) is 12.6 Å². The first-order valence-electron chi connectivity index (χ1n) is 5.73. The molecule has 94 valence electrons. The third kappa shape index (κ3) is 3.66. The highest BCUT2D eigenvalue weighted by Crippen LogP contribution is 2.15. The Hall–Kier alpha value is -0.650. The van der Waals surface area contributed by atoms with Crippen molar-refractivity contribution < 1.29 is 0 Å². The Bertz CT molecular complexity index is 367. The molecule has 1 aliphatic rings. The molecule has 7 heteroatoms. The number of likely N-dealkylation sites (N-methyl/N-ethyl adjacent to an activating group) is 1. The monoisotopic (exact) mass is 275 g/mol. The second-order valence-electron chi connectivity index (χ2n) is 4.07. The first kappa shape index (κ1) is 12.8. The highest BCUT2D eigenvalue weighted by Gasteiger charge is 2.19. The molecule has 1 fully saturated rings. The second kappa shape index (κ2) is 5.80. The fourth-order valence-electron chi connectivity index (χ4n) is 2.03. The highest BCUT2D eigenvalue weighted by molar-refractivity contribution is 6.31. The standard InChI is InChI=1S/C10H15Cl2N5/c1-2-17-5-3-4-7(6-17)13-10-15-8(11)14-9(12)16-10/h7H,2-6H2,1H3,(H,13,14,15,16). The summed E-state index contributed by atoms with van der Waals surface area (Å²) in [5.74, 6) is 0.456. The van der Waals surface area contributed by atoms with Crippen molar-refractivity contribution >= 4 is 29.2 Å². The average Bonchev–Trinajstić information content (AvgIpc) is 2.28. The number of piperidine rings is 1. The van der Waals surface area contributed by atoms with Crippen LogP contribution in [-0.4, -0.2) is 45.5 Å². The molecule has 0 amide bonds. The van der Waals surface area contributed by atoms with Gasteiger partial charge in [-0.3, -0.25) is 0 Å². The number of aromatic nitrogens is 3. The maximum atomic E-state index is 5.73. The van der Waals surface area contributed by atoms with Crippen LogP contribution in [0.1, 0.15) is 19.8 Å². The molecule has 17 heavy (non-hydrogen) atoms. The van der Waals surface area contributed by atoms with E-state index in [1.165, 1.54) is 6.42 Å². The number of rotatable bonds is 3. The molecule has 1 saturated heterocycles. The van der Waals surface area contributed by atoms with Gasteiger partial charge in [-0.15, -0.1) is 0 Å². The smallest absolute Gasteiger partial charge is 0.228 e. The Kier molecular flexibility index (Phi) is 4.36. The van der Waals surface area contributed by atoms with Crippen LogP contribution in [0.2, 0.25) is 10.6 Å². The lowest BCUT2D eigenvalue weighted by atomic mass is 10.1. The highest BCUT2D eigenvalue weighted by atomic mass is 35.5. The van der Waals surface area contributed by atoms with Crippen LogP contribution in [0.4, 0.5) is 5.95 Å². The molecule has 1 N–H and O–H groups in total. The largest absolute Gasteiger partial charge is 0.350 e. The van der Waals surface area contributed by atoms with Crippen LogP contribution in [0.15, 0.2) is 0 Å². The maximum Gasteiger partial charge on any atom is 0.228 e. The van der Waals surface area contributed by atoms with E-state index in [1.54, 1.807) is 0 Å². The molecule has 0 spiro atoms. The minimum Gasteiger partial charge on any atom is -0.350 e. The number of nitrogens with zero attached hydrogens (tertiary/aromatic N) is 4. The number of hydrogen-bond donors (Lipinski definition) is 1. The zero-order valence-electron chi connectivity index (χ0n) is 9.66. The van der Waals surface area contributed by atoms with E-state index in [-0.39, 0.29) is 10.6 Å². The predicted molar refractivity (Wildman–Crippen MR) is 68.6 cm³/mol. The summed E-state index contributed by atoms with van der Waals surface area (Å²) in [4.78, 5) is 14.1. The van der Waals surface area contributed by atoms with Crippen LogP contribution >= 0.6 is 23.2 Å². The molecule has 1 atom stereocenters. The zero-order chi connectivity index (χ0) is 12.3. The van der Waals surface area contributed by atoms with E-state index < -0.39 is 0 Å². The molecule has 1 aromatic rings. The molecule has 0 saturated carbocycles. The van der Waals surface area contributed by atoms with Gasteiger partial charge in [0.05, 0.1) is 0 Å². The molecule has 5 nitrogen and oxygen atoms in total. The van der Waals surface area contributed by atoms with Crippen LogP contribution in [0.25, 0.3) is 0 Å². The van der Waals surface area contributed by atoms with Gasteiger partial charge in [-0.2, -0.15) is 15.0 Å². The molecule has 1 aromatic heterocycles. The van der Waals surface area contributed by atoms with Crippen molar-refractivity contribution in [1.29, 1.82) is 0 Å². The number of likely N-dealkylation sites (tertiary alicyclic amines) is 1. The van der Waals surface area contributed by atoms with Crippen LogP contribution in [-0.2, 0) is 0 Å². The molecule has 1 unspecified atom stereocenters. The van der Waals surface area contributed by atoms with E-state index in [2.05, 4.69) is 32.1 Å². The summed E-state index contributed by atoms with van der Waals surface area (Å²) in [7, 11) is 0. The van der Waals surface area contributed by atoms with Gasteiger partial charge >= 0.3 is 0 Å². The number of halogens is 2. The van der Waals surface area contributed by atoms with Crippen molar-refractivity contribution in [2.75, 3.05) is 25.0 Å². The van der Waals surface area contributed by atoms with Crippen molar-refractivity contribution in [1.82, 2.24) is 19.9 Å². The molecule has 2 heterocycles. The number of hydrogen-bond acceptors (Lipinski definition) is 5. The molecule has 1 aliphatic heterocycles. The molecule has 0 radical (unpaired) electrons. The molecular weight excluding hydrogens is 261 g/mol. The van der Waals surface area contributed by atoms with Crippen molar-refractivity contribution in [2.24, 2.45) is 0 Å². The SMILES string of the molecule is CCN1CCCC(Nc2nc(Cl)nc(Cl)n2)C1. The van der Waals surface area contributed by atoms with E-state index >= 15 is 0 Å². The van der Waals surface area contributed by atoms with E-state index in [0.29, 0.717) is 12.0 Å². The Labute approximate surface area is 111 Å². The van der Waals surface area contributed by atoms with Crippen LogP contribution in [0, 0.1) is 0 Å². The minimum atomic E-state index is 0.121. The molecule has 0 aliphatic carbocycles. The predicted octanol–water partition coefficient (Wildman–Crippen LogP) is 2.07. The summed E-state index contributed by atoms with van der Waals surface area (Å²) >= 11 is 11.5. The Balaban J connectivity index is 2.00. The van der Waals surface area contributed by atoms with E-state index in [4.69, 9.17) is 23.2 Å². The lowest BCUT2D eigenvalue weighted by molar-refractivity contribution is 0.226. The van der Waals surface area contributed by atoms with Gasteiger partial charge in [0.1, 0.15) is 0 Å². The van der Waals surface area contributed by atoms with Crippen LogP contribution < -0.4 is 5.32 Å². The van der Waals surface area contributed by atoms with Gasteiger partial charge in [-0.05, 0) is 49.1 Å². The zero-order valence-corrected chi connectivity index (χ0v) is 11.2. The van der Waals surface area contributed by atoms with E-state index in [9.17, 15) is 0 Å². The molecule has 0 aromatic carbocycles. The minimum absolute atomic E-state index is 0.121. The van der Waals surface area contributed by atoms with Gasteiger partial charge < -0.3 is 10.2 Å². The summed E-state index contributed by atoms with van der Waals surface area (Å²) in [6.07, 6.45) is 2.29. The van der Waals surface area contributed by atoms with Gasteiger partial charge in [-0.1, -0.05) is 6.92 Å². The van der Waals surface area contributed by atoms with Crippen molar-refractivity contribution in [3.05, 3.63) is 10.6 Å². The Morgan fingerprint density at radius 2 is 2.00 bits per heavy atom. The van der Waals surface area contributed by atoms with Gasteiger partial charge in [0.2, 0.25) is 16.5 Å². The first-order chi connectivity index (χ1) is 8.17. The number of anilines is 1. The van der Waals surface area contributed by atoms with Crippen molar-refractivity contribution in [3.63, 3.8) is 0 Å². The molecule has 0 bridgehead atoms. The first-order valence-corrected chi connectivity index (χ1v) is 6.49. The lowest BCUT2D eigenvalue weighted by Crippen LogP contribution is -2.42. The summed E-state index contributed by atoms with van der Waals surface area (Å²) in [5, 5.41) is 3.50. The summed E-state index contributed by atoms with van der Waals surface area (Å²) < 4.78 is 0. The number of nitrogens with one attached hydrogen (secondary N) is 1. The summed E-state index contributed by atoms with van der Waals surface area (Å²) in [5.41, 5.74) is 0. The van der Waals surface area contributed by atoms with Crippen molar-refractivity contribution in [2.45, 2.75) is 25.8 Å². The summed E-state index contributed by atoms with van der Waals surface area (Å²) in [6.45, 7) is 5.39. The van der Waals surface area contributed by atoms with Crippen LogP contribution in [0.3, 0.4) is 0 Å². The van der Waals surface area contributed by atoms with Crippen molar-refractivity contribution in [3.8, 4) is 0 Å². The van der Waals surface area contributed by atoms with Gasteiger partial charge in [-0.25, -0.2) is 0 Å². The second-order valence-corrected chi connectivity index (χ2v) is 4.75. The van der Waals surface area contributed by atoms with Gasteiger partial charge in [0.25, 0.3) is 0 Å². The Morgan fingerprint density at radius 3 is 2.65 bits per heavy atom. The molecular formula is C10H15Cl2N5. The van der Waals surface area contributed by atoms with E-state index in [1.807, 2.05) is 0 Å². The Morgan fingerprint density at radius 1 is 1.29 bits per heavy atom. The average molecular weight is 276 g/mol. The third-order valence-electron chi connectivity index (χ3n) is 2.87. The third-order valence-corrected chi connectivity index (χ3v) is 3.20. The molecule has 2 rings (SSSR count).